The van der Waals surface area contributed by atoms with Crippen molar-refractivity contribution in [3.8, 4) is 0 Å². The van der Waals surface area contributed by atoms with Crippen LogP contribution in [0, 0.1) is 0 Å². The molecule has 0 amide bonds. The molecule has 2 heterocycles. The summed E-state index contributed by atoms with van der Waals surface area (Å²) in [6, 6.07) is 1.58. The molecule has 0 saturated carbocycles. The van der Waals surface area contributed by atoms with Crippen LogP contribution in [0.5, 0.6) is 0 Å². The molecule has 0 spiro atoms. The van der Waals surface area contributed by atoms with Crippen molar-refractivity contribution >= 4 is 22.8 Å². The van der Waals surface area contributed by atoms with Gasteiger partial charge in [-0.15, -0.1) is 0 Å². The summed E-state index contributed by atoms with van der Waals surface area (Å²) in [7, 11) is 0. The maximum atomic E-state index is 10.7. The number of nitrogens with zero attached hydrogens (tertiary/aromatic N) is 2. The van der Waals surface area contributed by atoms with Crippen LogP contribution in [-0.2, 0) is 0 Å². The zero-order valence-electron chi connectivity index (χ0n) is 5.82. The third-order valence-electron chi connectivity index (χ3n) is 1.34. The summed E-state index contributed by atoms with van der Waals surface area (Å²) in [5, 5.41) is 0.420. The number of pyridine rings is 1. The van der Waals surface area contributed by atoms with Crippen LogP contribution in [0.25, 0.3) is 11.2 Å². The first-order valence-corrected chi connectivity index (χ1v) is 3.55. The van der Waals surface area contributed by atoms with Crippen molar-refractivity contribution in [3.63, 3.8) is 0 Å². The first kappa shape index (κ1) is 7.24. The topological polar surface area (TPSA) is 56.0 Å². The van der Waals surface area contributed by atoms with Gasteiger partial charge in [0.1, 0.15) is 11.7 Å². The Morgan fingerprint density at radius 3 is 3.08 bits per heavy atom. The maximum absolute atomic E-state index is 10.7. The predicted molar refractivity (Wildman–Crippen MR) is 43.1 cm³/mol. The van der Waals surface area contributed by atoms with Gasteiger partial charge in [0.15, 0.2) is 0 Å². The van der Waals surface area contributed by atoms with Gasteiger partial charge in [0.25, 0.3) is 5.71 Å². The number of hydrogen-bond donors (Lipinski definition) is 0. The molecule has 0 aliphatic heterocycles. The quantitative estimate of drug-likeness (QED) is 0.615. The summed E-state index contributed by atoms with van der Waals surface area (Å²) < 4.78 is 4.73. The standard InChI is InChI=1S/C7H3ClN2O2/c8-4-1-2-9-7-6(4)10-3-5(11)12-7/h1-3H. The third-order valence-corrected chi connectivity index (χ3v) is 1.64. The molecule has 0 saturated heterocycles. The minimum Gasteiger partial charge on any atom is -0.401 e. The molecular weight excluding hydrogens is 180 g/mol. The smallest absolute Gasteiger partial charge is 0.356 e. The Kier molecular flexibility index (Phi) is 1.55. The van der Waals surface area contributed by atoms with E-state index in [0.717, 1.165) is 6.20 Å². The van der Waals surface area contributed by atoms with Crippen molar-refractivity contribution in [2.75, 3.05) is 0 Å². The first-order chi connectivity index (χ1) is 5.77. The second-order valence-electron chi connectivity index (χ2n) is 2.13. The number of fused-ring (bicyclic) bond motifs is 1. The van der Waals surface area contributed by atoms with Gasteiger partial charge in [0.05, 0.1) is 5.02 Å². The van der Waals surface area contributed by atoms with Crippen LogP contribution in [0.2, 0.25) is 5.02 Å². The van der Waals surface area contributed by atoms with Crippen LogP contribution >= 0.6 is 11.6 Å². The molecule has 2 aromatic rings. The van der Waals surface area contributed by atoms with Crippen molar-refractivity contribution in [1.82, 2.24) is 9.97 Å². The summed E-state index contributed by atoms with van der Waals surface area (Å²) >= 11 is 5.74. The molecule has 0 aliphatic rings. The molecule has 0 bridgehead atoms. The summed E-state index contributed by atoms with van der Waals surface area (Å²) in [6.45, 7) is 0. The number of aromatic nitrogens is 2. The van der Waals surface area contributed by atoms with Crippen LogP contribution < -0.4 is 5.63 Å². The van der Waals surface area contributed by atoms with E-state index in [4.69, 9.17) is 16.0 Å². The van der Waals surface area contributed by atoms with Crippen molar-refractivity contribution in [2.24, 2.45) is 0 Å². The fraction of sp³-hybridized carbons (Fsp3) is 0. The minimum absolute atomic E-state index is 0.162. The van der Waals surface area contributed by atoms with E-state index in [0.29, 0.717) is 10.5 Å². The molecule has 12 heavy (non-hydrogen) atoms. The van der Waals surface area contributed by atoms with Gasteiger partial charge in [-0.1, -0.05) is 11.6 Å². The van der Waals surface area contributed by atoms with Crippen LogP contribution in [0.1, 0.15) is 0 Å². The average Bonchev–Trinajstić information content (AvgIpc) is 2.04. The normalized spacial score (nSPS) is 10.4. The molecule has 0 fully saturated rings. The number of halogens is 1. The molecular formula is C7H3ClN2O2. The van der Waals surface area contributed by atoms with E-state index in [1.54, 1.807) is 6.07 Å². The second kappa shape index (κ2) is 2.57. The molecule has 60 valence electrons. The molecule has 0 radical (unpaired) electrons. The van der Waals surface area contributed by atoms with Crippen molar-refractivity contribution in [1.29, 1.82) is 0 Å². The lowest BCUT2D eigenvalue weighted by atomic mass is 10.4. The van der Waals surface area contributed by atoms with Gasteiger partial charge in [-0.3, -0.25) is 0 Å². The summed E-state index contributed by atoms with van der Waals surface area (Å²) in [6.07, 6.45) is 2.52. The highest BCUT2D eigenvalue weighted by Gasteiger charge is 2.02. The molecule has 2 rings (SSSR count). The SMILES string of the molecule is O=c1cnc2c(Cl)ccnc2o1. The van der Waals surface area contributed by atoms with Gasteiger partial charge >= 0.3 is 5.63 Å². The Bertz CT molecular complexity index is 480. The van der Waals surface area contributed by atoms with Gasteiger partial charge in [0.2, 0.25) is 0 Å². The van der Waals surface area contributed by atoms with E-state index in [1.807, 2.05) is 0 Å². The summed E-state index contributed by atoms with van der Waals surface area (Å²) in [5.74, 6) is 0. The lowest BCUT2D eigenvalue weighted by Crippen LogP contribution is -1.98. The van der Waals surface area contributed by atoms with Gasteiger partial charge in [0, 0.05) is 6.20 Å². The second-order valence-corrected chi connectivity index (χ2v) is 2.53. The molecule has 0 atom stereocenters. The van der Waals surface area contributed by atoms with Crippen molar-refractivity contribution < 1.29 is 4.42 Å². The number of rotatable bonds is 0. The Morgan fingerprint density at radius 1 is 1.42 bits per heavy atom. The Balaban J connectivity index is 2.96. The highest BCUT2D eigenvalue weighted by atomic mass is 35.5. The maximum Gasteiger partial charge on any atom is 0.356 e. The fourth-order valence-electron chi connectivity index (χ4n) is 0.843. The molecule has 0 aliphatic carbocycles. The van der Waals surface area contributed by atoms with Gasteiger partial charge in [-0.2, -0.15) is 0 Å². The van der Waals surface area contributed by atoms with Crippen LogP contribution in [0.4, 0.5) is 0 Å². The first-order valence-electron chi connectivity index (χ1n) is 3.18. The van der Waals surface area contributed by atoms with E-state index in [2.05, 4.69) is 9.97 Å². The minimum atomic E-state index is -0.530. The monoisotopic (exact) mass is 182 g/mol. The highest BCUT2D eigenvalue weighted by molar-refractivity contribution is 6.34. The van der Waals surface area contributed by atoms with Crippen molar-refractivity contribution in [2.45, 2.75) is 0 Å². The van der Waals surface area contributed by atoms with E-state index in [1.165, 1.54) is 6.20 Å². The average molecular weight is 183 g/mol. The lowest BCUT2D eigenvalue weighted by Gasteiger charge is -1.93. The van der Waals surface area contributed by atoms with Gasteiger partial charge < -0.3 is 4.42 Å². The van der Waals surface area contributed by atoms with E-state index < -0.39 is 5.63 Å². The van der Waals surface area contributed by atoms with E-state index >= 15 is 0 Å². The molecule has 0 N–H and O–H groups in total. The summed E-state index contributed by atoms with van der Waals surface area (Å²) in [4.78, 5) is 18.3. The Hall–Kier alpha value is -1.42. The molecule has 4 nitrogen and oxygen atoms in total. The number of hydrogen-bond acceptors (Lipinski definition) is 4. The van der Waals surface area contributed by atoms with Gasteiger partial charge in [-0.05, 0) is 6.07 Å². The molecule has 2 aromatic heterocycles. The van der Waals surface area contributed by atoms with Crippen LogP contribution in [0.15, 0.2) is 27.7 Å². The van der Waals surface area contributed by atoms with E-state index in [-0.39, 0.29) is 5.71 Å². The summed E-state index contributed by atoms with van der Waals surface area (Å²) in [5.41, 5.74) is 0.0334. The van der Waals surface area contributed by atoms with Crippen LogP contribution in [-0.4, -0.2) is 9.97 Å². The van der Waals surface area contributed by atoms with Crippen molar-refractivity contribution in [3.05, 3.63) is 33.9 Å². The largest absolute Gasteiger partial charge is 0.401 e. The lowest BCUT2D eigenvalue weighted by molar-refractivity contribution is 0.543. The predicted octanol–water partition coefficient (Wildman–Crippen LogP) is 1.24. The van der Waals surface area contributed by atoms with Gasteiger partial charge in [-0.25, -0.2) is 14.8 Å². The fourth-order valence-corrected chi connectivity index (χ4v) is 1.03. The molecule has 0 aromatic carbocycles. The zero-order valence-corrected chi connectivity index (χ0v) is 6.58. The Labute approximate surface area is 71.8 Å². The van der Waals surface area contributed by atoms with E-state index in [9.17, 15) is 4.79 Å². The molecule has 0 unspecified atom stereocenters. The Morgan fingerprint density at radius 2 is 2.25 bits per heavy atom. The third kappa shape index (κ3) is 1.06. The van der Waals surface area contributed by atoms with Crippen LogP contribution in [0.3, 0.4) is 0 Å². The molecule has 5 heteroatoms. The zero-order chi connectivity index (χ0) is 8.55. The highest BCUT2D eigenvalue weighted by Crippen LogP contribution is 2.16.